The maximum Gasteiger partial charge on any atom is 0.206 e. The zero-order valence-corrected chi connectivity index (χ0v) is 13.6. The number of anilines is 1. The second kappa shape index (κ2) is 6.24. The van der Waals surface area contributed by atoms with E-state index in [9.17, 15) is 22.7 Å². The number of hydrogen-bond acceptors (Lipinski definition) is 5. The highest BCUT2D eigenvalue weighted by Gasteiger charge is 2.22. The van der Waals surface area contributed by atoms with Crippen molar-refractivity contribution in [1.29, 1.82) is 0 Å². The summed E-state index contributed by atoms with van der Waals surface area (Å²) < 4.78 is 38.9. The van der Waals surface area contributed by atoms with E-state index in [1.807, 2.05) is 0 Å². The summed E-state index contributed by atoms with van der Waals surface area (Å²) in [6, 6.07) is 8.05. The zero-order valence-electron chi connectivity index (χ0n) is 12.8. The average Bonchev–Trinajstić information content (AvgIpc) is 3.11. The maximum atomic E-state index is 13.7. The Morgan fingerprint density at radius 3 is 2.25 bits per heavy atom. The van der Waals surface area contributed by atoms with Gasteiger partial charge in [0.1, 0.15) is 0 Å². The Morgan fingerprint density at radius 1 is 1.04 bits per heavy atom. The largest absolute Gasteiger partial charge is 0.504 e. The first kappa shape index (κ1) is 16.4. The van der Waals surface area contributed by atoms with Crippen molar-refractivity contribution in [2.24, 2.45) is 0 Å². The molecule has 3 rings (SSSR count). The molecule has 2 aromatic carbocycles. The van der Waals surface area contributed by atoms with E-state index in [0.29, 0.717) is 6.07 Å². The predicted octanol–water partition coefficient (Wildman–Crippen LogP) is 2.78. The highest BCUT2D eigenvalue weighted by molar-refractivity contribution is 7.91. The number of nitrogens with zero attached hydrogens (tertiary/aromatic N) is 1. The number of sulfone groups is 1. The van der Waals surface area contributed by atoms with Crippen LogP contribution in [0.2, 0.25) is 0 Å². The molecule has 0 spiro atoms. The number of benzene rings is 2. The van der Waals surface area contributed by atoms with E-state index in [4.69, 9.17) is 0 Å². The van der Waals surface area contributed by atoms with Crippen LogP contribution in [0.15, 0.2) is 46.2 Å². The van der Waals surface area contributed by atoms with E-state index in [2.05, 4.69) is 4.90 Å². The lowest BCUT2D eigenvalue weighted by atomic mass is 10.2. The summed E-state index contributed by atoms with van der Waals surface area (Å²) in [5, 5.41) is 9.41. The molecular weight excluding hydrogens is 333 g/mol. The van der Waals surface area contributed by atoms with E-state index >= 15 is 0 Å². The molecule has 1 heterocycles. The Kier molecular flexibility index (Phi) is 4.28. The van der Waals surface area contributed by atoms with E-state index in [-0.39, 0.29) is 16.1 Å². The molecule has 2 aromatic rings. The van der Waals surface area contributed by atoms with Crippen LogP contribution in [0.5, 0.6) is 5.75 Å². The van der Waals surface area contributed by atoms with Crippen LogP contribution in [-0.2, 0) is 9.84 Å². The van der Waals surface area contributed by atoms with Gasteiger partial charge in [-0.2, -0.15) is 0 Å². The van der Waals surface area contributed by atoms with Crippen molar-refractivity contribution < 1.29 is 22.7 Å². The van der Waals surface area contributed by atoms with Gasteiger partial charge in [-0.25, -0.2) is 12.8 Å². The van der Waals surface area contributed by atoms with Gasteiger partial charge >= 0.3 is 0 Å². The van der Waals surface area contributed by atoms with E-state index < -0.39 is 27.0 Å². The fourth-order valence-electron chi connectivity index (χ4n) is 2.79. The Hall–Kier alpha value is -2.41. The Balaban J connectivity index is 1.98. The van der Waals surface area contributed by atoms with Crippen LogP contribution in [-0.4, -0.2) is 32.9 Å². The molecule has 1 fully saturated rings. The van der Waals surface area contributed by atoms with Crippen LogP contribution in [0.25, 0.3) is 0 Å². The molecule has 0 bridgehead atoms. The number of rotatable bonds is 4. The van der Waals surface area contributed by atoms with Crippen LogP contribution >= 0.6 is 0 Å². The summed E-state index contributed by atoms with van der Waals surface area (Å²) in [4.78, 5) is 12.7. The van der Waals surface area contributed by atoms with Crippen molar-refractivity contribution in [2.75, 3.05) is 18.0 Å². The van der Waals surface area contributed by atoms with Crippen LogP contribution < -0.4 is 4.90 Å². The molecule has 1 N–H and O–H groups in total. The maximum absolute atomic E-state index is 13.7. The third-order valence-electron chi connectivity index (χ3n) is 4.12. The van der Waals surface area contributed by atoms with Crippen LogP contribution in [0.1, 0.15) is 23.2 Å². The minimum absolute atomic E-state index is 0.00684. The smallest absolute Gasteiger partial charge is 0.206 e. The molecule has 24 heavy (non-hydrogen) atoms. The third-order valence-corrected chi connectivity index (χ3v) is 5.87. The number of phenols is 1. The van der Waals surface area contributed by atoms with E-state index in [1.165, 1.54) is 12.1 Å². The quantitative estimate of drug-likeness (QED) is 0.859. The molecule has 0 aromatic heterocycles. The first-order valence-electron chi connectivity index (χ1n) is 7.51. The van der Waals surface area contributed by atoms with Gasteiger partial charge in [-0.05, 0) is 49.2 Å². The molecule has 1 aliphatic heterocycles. The number of phenolic OH excluding ortho intramolecular Hbond substituents is 1. The minimum Gasteiger partial charge on any atom is -0.504 e. The molecule has 1 saturated heterocycles. The van der Waals surface area contributed by atoms with Gasteiger partial charge in [0.25, 0.3) is 0 Å². The number of hydrogen-bond donors (Lipinski definition) is 1. The van der Waals surface area contributed by atoms with Gasteiger partial charge in [-0.15, -0.1) is 0 Å². The van der Waals surface area contributed by atoms with Crippen molar-refractivity contribution in [2.45, 2.75) is 22.6 Å². The van der Waals surface area contributed by atoms with Crippen LogP contribution in [0, 0.1) is 5.82 Å². The predicted molar refractivity (Wildman–Crippen MR) is 86.8 cm³/mol. The minimum atomic E-state index is -3.98. The normalized spacial score (nSPS) is 14.8. The fourth-order valence-corrected chi connectivity index (χ4v) is 4.09. The summed E-state index contributed by atoms with van der Waals surface area (Å²) in [5.74, 6) is -2.00. The van der Waals surface area contributed by atoms with Crippen molar-refractivity contribution in [3.63, 3.8) is 0 Å². The summed E-state index contributed by atoms with van der Waals surface area (Å²) in [5.41, 5.74) is 0.541. The molecule has 0 radical (unpaired) electrons. The number of carbonyl (C=O) groups excluding carboxylic acids is 1. The molecule has 0 unspecified atom stereocenters. The van der Waals surface area contributed by atoms with Gasteiger partial charge in [-0.1, -0.05) is 0 Å². The summed E-state index contributed by atoms with van der Waals surface area (Å²) in [6.45, 7) is 1.88. The Labute approximate surface area is 139 Å². The first-order valence-corrected chi connectivity index (χ1v) is 8.99. The number of aromatic hydroxyl groups is 1. The molecule has 126 valence electrons. The topological polar surface area (TPSA) is 74.7 Å². The molecule has 5 nitrogen and oxygen atoms in total. The van der Waals surface area contributed by atoms with Crippen molar-refractivity contribution in [1.82, 2.24) is 0 Å². The summed E-state index contributed by atoms with van der Waals surface area (Å²) in [6.07, 6.45) is 2.44. The van der Waals surface area contributed by atoms with Crippen molar-refractivity contribution >= 4 is 21.8 Å². The van der Waals surface area contributed by atoms with Crippen LogP contribution in [0.3, 0.4) is 0 Å². The van der Waals surface area contributed by atoms with Gasteiger partial charge in [0, 0.05) is 18.8 Å². The molecule has 0 amide bonds. The highest BCUT2D eigenvalue weighted by Crippen LogP contribution is 2.29. The molecule has 7 heteroatoms. The lowest BCUT2D eigenvalue weighted by molar-refractivity contribution is 0.112. The van der Waals surface area contributed by atoms with Gasteiger partial charge in [-0.3, -0.25) is 4.79 Å². The van der Waals surface area contributed by atoms with Gasteiger partial charge in [0.15, 0.2) is 17.9 Å². The second-order valence-corrected chi connectivity index (χ2v) is 7.60. The van der Waals surface area contributed by atoms with Gasteiger partial charge in [0.2, 0.25) is 9.84 Å². The standard InChI is InChI=1S/C17H16FNO4S/c18-16-10-15(9-12(11-20)17(16)21)24(22,23)14-5-3-13(4-6-14)19-7-1-2-8-19/h3-6,9-11,21H,1-2,7-8H2. The molecule has 0 aliphatic carbocycles. The molecule has 0 saturated carbocycles. The fraction of sp³-hybridized carbons (Fsp3) is 0.235. The van der Waals surface area contributed by atoms with Gasteiger partial charge < -0.3 is 10.0 Å². The second-order valence-electron chi connectivity index (χ2n) is 5.65. The lowest BCUT2D eigenvalue weighted by Crippen LogP contribution is -2.17. The third kappa shape index (κ3) is 2.87. The van der Waals surface area contributed by atoms with Crippen LogP contribution in [0.4, 0.5) is 10.1 Å². The Bertz CT molecular complexity index is 872. The van der Waals surface area contributed by atoms with Crippen molar-refractivity contribution in [3.8, 4) is 5.75 Å². The zero-order chi connectivity index (χ0) is 17.3. The molecule has 0 atom stereocenters. The van der Waals surface area contributed by atoms with E-state index in [0.717, 1.165) is 37.7 Å². The monoisotopic (exact) mass is 349 g/mol. The first-order chi connectivity index (χ1) is 11.4. The van der Waals surface area contributed by atoms with Crippen molar-refractivity contribution in [3.05, 3.63) is 47.8 Å². The number of aldehydes is 1. The summed E-state index contributed by atoms with van der Waals surface area (Å²) in [7, 11) is -3.98. The molecular formula is C17H16FNO4S. The lowest BCUT2D eigenvalue weighted by Gasteiger charge is -2.17. The number of carbonyl (C=O) groups is 1. The van der Waals surface area contributed by atoms with Gasteiger partial charge in [0.05, 0.1) is 15.4 Å². The summed E-state index contributed by atoms with van der Waals surface area (Å²) >= 11 is 0. The number of halogens is 1. The highest BCUT2D eigenvalue weighted by atomic mass is 32.2. The molecule has 1 aliphatic rings. The average molecular weight is 349 g/mol. The SMILES string of the molecule is O=Cc1cc(S(=O)(=O)c2ccc(N3CCCC3)cc2)cc(F)c1O. The Morgan fingerprint density at radius 2 is 1.67 bits per heavy atom. The van der Waals surface area contributed by atoms with E-state index in [1.54, 1.807) is 12.1 Å².